The van der Waals surface area contributed by atoms with Crippen LogP contribution in [0.15, 0.2) is 48.7 Å². The van der Waals surface area contributed by atoms with Crippen molar-refractivity contribution < 1.29 is 4.79 Å². The molecule has 4 aromatic rings. The molecule has 5 heteroatoms. The number of benzene rings is 2. The number of aromatic amines is 1. The molecule has 22 heavy (non-hydrogen) atoms. The zero-order chi connectivity index (χ0) is 15.1. The third-order valence-electron chi connectivity index (χ3n) is 3.68. The molecule has 4 rings (SSSR count). The Hall–Kier alpha value is -2.66. The molecule has 2 aromatic heterocycles. The molecular formula is C17H13N3OS. The van der Waals surface area contributed by atoms with Crippen LogP contribution in [0.3, 0.4) is 0 Å². The highest BCUT2D eigenvalue weighted by atomic mass is 32.1. The molecule has 0 fully saturated rings. The predicted octanol–water partition coefficient (Wildman–Crippen LogP) is 4.34. The number of hydrogen-bond donors (Lipinski definition) is 2. The molecule has 108 valence electrons. The van der Waals surface area contributed by atoms with Gasteiger partial charge >= 0.3 is 0 Å². The smallest absolute Gasteiger partial charge is 0.259 e. The van der Waals surface area contributed by atoms with Gasteiger partial charge in [0.1, 0.15) is 0 Å². The fourth-order valence-corrected chi connectivity index (χ4v) is 3.43. The van der Waals surface area contributed by atoms with Crippen molar-refractivity contribution in [2.45, 2.75) is 6.92 Å². The lowest BCUT2D eigenvalue weighted by Crippen LogP contribution is -2.12. The summed E-state index contributed by atoms with van der Waals surface area (Å²) < 4.78 is 1.06. The van der Waals surface area contributed by atoms with Gasteiger partial charge in [-0.2, -0.15) is 0 Å². The van der Waals surface area contributed by atoms with Crippen molar-refractivity contribution in [1.82, 2.24) is 9.97 Å². The summed E-state index contributed by atoms with van der Waals surface area (Å²) in [5.74, 6) is -0.147. The summed E-state index contributed by atoms with van der Waals surface area (Å²) in [6.07, 6.45) is 1.92. The van der Waals surface area contributed by atoms with E-state index in [2.05, 4.69) is 15.3 Å². The van der Waals surface area contributed by atoms with Gasteiger partial charge in [-0.15, -0.1) is 0 Å². The number of amides is 1. The number of carbonyl (C=O) groups excluding carboxylic acids is 1. The highest BCUT2D eigenvalue weighted by Gasteiger charge is 2.14. The van der Waals surface area contributed by atoms with Crippen LogP contribution in [0.25, 0.3) is 21.1 Å². The fourth-order valence-electron chi connectivity index (χ4n) is 2.57. The zero-order valence-electron chi connectivity index (χ0n) is 11.9. The minimum atomic E-state index is -0.147. The van der Waals surface area contributed by atoms with Crippen molar-refractivity contribution in [3.05, 3.63) is 59.8 Å². The molecule has 2 heterocycles. The molecule has 0 bridgehead atoms. The van der Waals surface area contributed by atoms with E-state index >= 15 is 0 Å². The molecule has 0 saturated carbocycles. The highest BCUT2D eigenvalue weighted by molar-refractivity contribution is 7.22. The van der Waals surface area contributed by atoms with E-state index in [0.29, 0.717) is 10.7 Å². The SMILES string of the molecule is Cc1c[nH]c2c(C(=O)Nc3nc4ccccc4s3)cccc12. The average molecular weight is 307 g/mol. The second-order valence-corrected chi connectivity index (χ2v) is 6.17. The largest absolute Gasteiger partial charge is 0.360 e. The molecule has 0 aliphatic heterocycles. The number of aryl methyl sites for hydroxylation is 1. The van der Waals surface area contributed by atoms with Crippen LogP contribution in [0.4, 0.5) is 5.13 Å². The van der Waals surface area contributed by atoms with Gasteiger partial charge in [0, 0.05) is 11.6 Å². The minimum absolute atomic E-state index is 0.147. The van der Waals surface area contributed by atoms with E-state index in [1.165, 1.54) is 11.3 Å². The number of aromatic nitrogens is 2. The summed E-state index contributed by atoms with van der Waals surface area (Å²) in [4.78, 5) is 20.2. The standard InChI is InChI=1S/C17H13N3OS/c1-10-9-18-15-11(10)5-4-6-12(15)16(21)20-17-19-13-7-2-3-8-14(13)22-17/h2-9,18H,1H3,(H,19,20,21). The number of rotatable bonds is 2. The second-order valence-electron chi connectivity index (χ2n) is 5.14. The van der Waals surface area contributed by atoms with Crippen LogP contribution in [0.2, 0.25) is 0 Å². The zero-order valence-corrected chi connectivity index (χ0v) is 12.7. The van der Waals surface area contributed by atoms with E-state index in [1.807, 2.05) is 55.6 Å². The molecule has 0 radical (unpaired) electrons. The first-order valence-electron chi connectivity index (χ1n) is 6.96. The molecule has 0 atom stereocenters. The fraction of sp³-hybridized carbons (Fsp3) is 0.0588. The molecular weight excluding hydrogens is 294 g/mol. The third-order valence-corrected chi connectivity index (χ3v) is 4.63. The topological polar surface area (TPSA) is 57.8 Å². The van der Waals surface area contributed by atoms with E-state index in [4.69, 9.17) is 0 Å². The molecule has 0 unspecified atom stereocenters. The van der Waals surface area contributed by atoms with Crippen molar-refractivity contribution >= 4 is 43.5 Å². The lowest BCUT2D eigenvalue weighted by molar-refractivity contribution is 0.102. The number of para-hydroxylation sites is 2. The van der Waals surface area contributed by atoms with Gasteiger partial charge in [-0.05, 0) is 30.7 Å². The lowest BCUT2D eigenvalue weighted by Gasteiger charge is -2.03. The Morgan fingerprint density at radius 2 is 2.05 bits per heavy atom. The number of anilines is 1. The Bertz CT molecular complexity index is 966. The van der Waals surface area contributed by atoms with Crippen LogP contribution in [0.1, 0.15) is 15.9 Å². The predicted molar refractivity (Wildman–Crippen MR) is 90.6 cm³/mol. The number of carbonyl (C=O) groups is 1. The Kier molecular flexibility index (Phi) is 2.94. The van der Waals surface area contributed by atoms with E-state index in [-0.39, 0.29) is 5.91 Å². The second kappa shape index (κ2) is 4.96. The van der Waals surface area contributed by atoms with Crippen molar-refractivity contribution in [1.29, 1.82) is 0 Å². The first kappa shape index (κ1) is 13.0. The third kappa shape index (κ3) is 2.07. The average Bonchev–Trinajstić information content (AvgIpc) is 3.10. The summed E-state index contributed by atoms with van der Waals surface area (Å²) >= 11 is 1.48. The molecule has 2 N–H and O–H groups in total. The first-order valence-corrected chi connectivity index (χ1v) is 7.77. The van der Waals surface area contributed by atoms with Crippen LogP contribution < -0.4 is 5.32 Å². The normalized spacial score (nSPS) is 11.1. The number of thiazole rings is 1. The van der Waals surface area contributed by atoms with Crippen LogP contribution in [-0.4, -0.2) is 15.9 Å². The first-order chi connectivity index (χ1) is 10.7. The Morgan fingerprint density at radius 1 is 1.18 bits per heavy atom. The Balaban J connectivity index is 1.71. The van der Waals surface area contributed by atoms with Crippen molar-refractivity contribution in [2.75, 3.05) is 5.32 Å². The highest BCUT2D eigenvalue weighted by Crippen LogP contribution is 2.27. The van der Waals surface area contributed by atoms with Gasteiger partial charge in [0.15, 0.2) is 5.13 Å². The number of fused-ring (bicyclic) bond motifs is 2. The van der Waals surface area contributed by atoms with Gasteiger partial charge in [-0.25, -0.2) is 4.98 Å². The van der Waals surface area contributed by atoms with Crippen molar-refractivity contribution in [3.8, 4) is 0 Å². The van der Waals surface area contributed by atoms with Gasteiger partial charge < -0.3 is 4.98 Å². The number of hydrogen-bond acceptors (Lipinski definition) is 3. The molecule has 4 nitrogen and oxygen atoms in total. The maximum absolute atomic E-state index is 12.5. The maximum Gasteiger partial charge on any atom is 0.259 e. The summed E-state index contributed by atoms with van der Waals surface area (Å²) in [7, 11) is 0. The number of nitrogens with zero attached hydrogens (tertiary/aromatic N) is 1. The molecule has 2 aromatic carbocycles. The van der Waals surface area contributed by atoms with Crippen LogP contribution in [0, 0.1) is 6.92 Å². The van der Waals surface area contributed by atoms with Crippen LogP contribution in [-0.2, 0) is 0 Å². The maximum atomic E-state index is 12.5. The monoisotopic (exact) mass is 307 g/mol. The van der Waals surface area contributed by atoms with E-state index in [9.17, 15) is 4.79 Å². The van der Waals surface area contributed by atoms with Gasteiger partial charge in [0.2, 0.25) is 0 Å². The minimum Gasteiger partial charge on any atom is -0.360 e. The summed E-state index contributed by atoms with van der Waals surface area (Å²) in [5.41, 5.74) is 3.52. The van der Waals surface area contributed by atoms with E-state index in [1.54, 1.807) is 0 Å². The number of nitrogens with one attached hydrogen (secondary N) is 2. The Morgan fingerprint density at radius 3 is 2.91 bits per heavy atom. The van der Waals surface area contributed by atoms with E-state index < -0.39 is 0 Å². The Labute approximate surface area is 130 Å². The quantitative estimate of drug-likeness (QED) is 0.579. The summed E-state index contributed by atoms with van der Waals surface area (Å²) in [6, 6.07) is 13.6. The molecule has 0 aliphatic carbocycles. The lowest BCUT2D eigenvalue weighted by atomic mass is 10.1. The molecule has 0 saturated heterocycles. The summed E-state index contributed by atoms with van der Waals surface area (Å²) in [5, 5.41) is 4.58. The van der Waals surface area contributed by atoms with Crippen molar-refractivity contribution in [3.63, 3.8) is 0 Å². The van der Waals surface area contributed by atoms with E-state index in [0.717, 1.165) is 26.7 Å². The van der Waals surface area contributed by atoms with Gasteiger partial charge in [-0.1, -0.05) is 35.6 Å². The van der Waals surface area contributed by atoms with Crippen LogP contribution >= 0.6 is 11.3 Å². The van der Waals surface area contributed by atoms with Crippen LogP contribution in [0.5, 0.6) is 0 Å². The number of H-pyrrole nitrogens is 1. The molecule has 0 aliphatic rings. The summed E-state index contributed by atoms with van der Waals surface area (Å²) in [6.45, 7) is 2.02. The molecule has 1 amide bonds. The van der Waals surface area contributed by atoms with Gasteiger partial charge in [-0.3, -0.25) is 10.1 Å². The molecule has 0 spiro atoms. The van der Waals surface area contributed by atoms with Gasteiger partial charge in [0.25, 0.3) is 5.91 Å². The van der Waals surface area contributed by atoms with Gasteiger partial charge in [0.05, 0.1) is 21.3 Å². The van der Waals surface area contributed by atoms with Crippen molar-refractivity contribution in [2.24, 2.45) is 0 Å².